The largest absolute Gasteiger partial charge is 0.496 e. The summed E-state index contributed by atoms with van der Waals surface area (Å²) in [7, 11) is 0. The maximum absolute atomic E-state index is 10.6. The third-order valence-corrected chi connectivity index (χ3v) is 5.39. The molecule has 0 aliphatic heterocycles. The van der Waals surface area contributed by atoms with E-state index in [1.165, 1.54) is 38.2 Å². The van der Waals surface area contributed by atoms with Crippen LogP contribution >= 0.6 is 0 Å². The Morgan fingerprint density at radius 1 is 0.759 bits per heavy atom. The number of rotatable bonds is 19. The first kappa shape index (κ1) is 28.0. The lowest BCUT2D eigenvalue weighted by molar-refractivity contribution is -0.0598. The molecule has 0 bridgehead atoms. The van der Waals surface area contributed by atoms with Gasteiger partial charge in [-0.25, -0.2) is 0 Å². The molecular formula is C25H48O4. The Morgan fingerprint density at radius 3 is 1.90 bits per heavy atom. The van der Waals surface area contributed by atoms with Crippen LogP contribution < -0.4 is 0 Å². The number of aliphatic hydroxyl groups is 2. The molecule has 2 N–H and O–H groups in total. The van der Waals surface area contributed by atoms with Crippen LogP contribution in [-0.2, 0) is 9.47 Å². The topological polar surface area (TPSA) is 58.9 Å². The summed E-state index contributed by atoms with van der Waals surface area (Å²) in [5, 5.41) is 21.2. The average Bonchev–Trinajstić information content (AvgIpc) is 2.65. The minimum atomic E-state index is -0.707. The first-order valence-corrected chi connectivity index (χ1v) is 11.6. The van der Waals surface area contributed by atoms with E-state index in [1.54, 1.807) is 0 Å². The zero-order valence-electron chi connectivity index (χ0n) is 19.6. The second-order valence-corrected chi connectivity index (χ2v) is 9.42. The lowest BCUT2D eigenvalue weighted by Gasteiger charge is -2.28. The van der Waals surface area contributed by atoms with Crippen LogP contribution in [0.4, 0.5) is 0 Å². The van der Waals surface area contributed by atoms with Gasteiger partial charge < -0.3 is 19.7 Å². The van der Waals surface area contributed by atoms with Gasteiger partial charge in [-0.3, -0.25) is 0 Å². The van der Waals surface area contributed by atoms with Crippen LogP contribution in [0.5, 0.6) is 0 Å². The van der Waals surface area contributed by atoms with Gasteiger partial charge in [-0.2, -0.15) is 0 Å². The van der Waals surface area contributed by atoms with E-state index in [4.69, 9.17) is 9.47 Å². The van der Waals surface area contributed by atoms with Crippen molar-refractivity contribution in [2.45, 2.75) is 129 Å². The third-order valence-electron chi connectivity index (χ3n) is 5.39. The van der Waals surface area contributed by atoms with E-state index in [0.717, 1.165) is 38.5 Å². The van der Waals surface area contributed by atoms with Gasteiger partial charge in [0.2, 0.25) is 0 Å². The zero-order valence-corrected chi connectivity index (χ0v) is 19.6. The van der Waals surface area contributed by atoms with E-state index in [9.17, 15) is 10.2 Å². The highest BCUT2D eigenvalue weighted by molar-refractivity contribution is 4.81. The van der Waals surface area contributed by atoms with Gasteiger partial charge in [0.25, 0.3) is 0 Å². The van der Waals surface area contributed by atoms with Crippen molar-refractivity contribution in [3.05, 3.63) is 25.7 Å². The summed E-state index contributed by atoms with van der Waals surface area (Å²) in [6.07, 6.45) is 12.7. The maximum Gasteiger partial charge on any atom is 0.126 e. The number of hydrogen-bond acceptors (Lipinski definition) is 4. The SMILES string of the molecule is C=COC(CCCCC)C(O)CC(OC=C)C(O)CCCCCCCC(C)(C)C. The highest BCUT2D eigenvalue weighted by Gasteiger charge is 2.28. The van der Waals surface area contributed by atoms with Gasteiger partial charge in [0.05, 0.1) is 24.7 Å². The van der Waals surface area contributed by atoms with Crippen molar-refractivity contribution >= 4 is 0 Å². The fourth-order valence-corrected chi connectivity index (χ4v) is 3.61. The molecule has 0 spiro atoms. The van der Waals surface area contributed by atoms with E-state index in [-0.39, 0.29) is 6.10 Å². The molecule has 0 amide bonds. The van der Waals surface area contributed by atoms with Gasteiger partial charge in [-0.05, 0) is 31.1 Å². The molecule has 4 atom stereocenters. The molecule has 29 heavy (non-hydrogen) atoms. The van der Waals surface area contributed by atoms with Crippen LogP contribution in [-0.4, -0.2) is 34.6 Å². The minimum Gasteiger partial charge on any atom is -0.496 e. The Labute approximate surface area is 180 Å². The number of hydrogen-bond donors (Lipinski definition) is 2. The van der Waals surface area contributed by atoms with Crippen LogP contribution in [0.3, 0.4) is 0 Å². The van der Waals surface area contributed by atoms with Crippen LogP contribution in [0.1, 0.15) is 105 Å². The Bertz CT molecular complexity index is 402. The molecule has 0 fully saturated rings. The highest BCUT2D eigenvalue weighted by Crippen LogP contribution is 2.23. The van der Waals surface area contributed by atoms with E-state index < -0.39 is 18.3 Å². The third kappa shape index (κ3) is 15.5. The molecular weight excluding hydrogens is 364 g/mol. The zero-order chi connectivity index (χ0) is 22.1. The molecule has 4 nitrogen and oxygen atoms in total. The lowest BCUT2D eigenvalue weighted by atomic mass is 9.89. The fourth-order valence-electron chi connectivity index (χ4n) is 3.61. The Morgan fingerprint density at radius 2 is 1.31 bits per heavy atom. The summed E-state index contributed by atoms with van der Waals surface area (Å²) in [5.41, 5.74) is 0.413. The second kappa shape index (κ2) is 16.8. The molecule has 4 heteroatoms. The van der Waals surface area contributed by atoms with Crippen LogP contribution in [0.15, 0.2) is 25.7 Å². The van der Waals surface area contributed by atoms with Gasteiger partial charge in [0, 0.05) is 6.42 Å². The van der Waals surface area contributed by atoms with Gasteiger partial charge in [0.15, 0.2) is 0 Å². The molecule has 0 aliphatic carbocycles. The van der Waals surface area contributed by atoms with Crippen molar-refractivity contribution in [2.75, 3.05) is 0 Å². The van der Waals surface area contributed by atoms with Crippen molar-refractivity contribution in [2.24, 2.45) is 5.41 Å². The standard InChI is InChI=1S/C25H48O4/c1-7-10-14-18-23(28-8-2)22(27)20-24(29-9-3)21(26)17-15-12-11-13-16-19-25(4,5)6/h8-9,21-24,26-27H,2-3,7,10-20H2,1,4-6H3. The molecule has 0 aliphatic rings. The molecule has 0 saturated heterocycles. The molecule has 0 radical (unpaired) electrons. The molecule has 0 rings (SSSR count). The van der Waals surface area contributed by atoms with Gasteiger partial charge in [0.1, 0.15) is 12.2 Å². The number of ether oxygens (including phenoxy) is 2. The Hall–Kier alpha value is -1.00. The maximum atomic E-state index is 10.6. The van der Waals surface area contributed by atoms with Crippen molar-refractivity contribution in [1.82, 2.24) is 0 Å². The number of aliphatic hydroxyl groups excluding tert-OH is 2. The van der Waals surface area contributed by atoms with Gasteiger partial charge in [-0.15, -0.1) is 0 Å². The molecule has 0 saturated carbocycles. The van der Waals surface area contributed by atoms with Crippen molar-refractivity contribution in [3.63, 3.8) is 0 Å². The molecule has 0 aromatic heterocycles. The quantitative estimate of drug-likeness (QED) is 0.187. The van der Waals surface area contributed by atoms with Crippen molar-refractivity contribution < 1.29 is 19.7 Å². The lowest BCUT2D eigenvalue weighted by Crippen LogP contribution is -2.37. The first-order chi connectivity index (χ1) is 13.7. The van der Waals surface area contributed by atoms with Gasteiger partial charge in [-0.1, -0.05) is 85.8 Å². The minimum absolute atomic E-state index is 0.315. The van der Waals surface area contributed by atoms with E-state index in [2.05, 4.69) is 40.9 Å². The monoisotopic (exact) mass is 412 g/mol. The second-order valence-electron chi connectivity index (χ2n) is 9.42. The summed E-state index contributed by atoms with van der Waals surface area (Å²) >= 11 is 0. The van der Waals surface area contributed by atoms with E-state index in [0.29, 0.717) is 18.3 Å². The van der Waals surface area contributed by atoms with E-state index >= 15 is 0 Å². The Balaban J connectivity index is 4.33. The predicted molar refractivity (Wildman–Crippen MR) is 123 cm³/mol. The predicted octanol–water partition coefficient (Wildman–Crippen LogP) is 6.51. The van der Waals surface area contributed by atoms with Crippen LogP contribution in [0.25, 0.3) is 0 Å². The van der Waals surface area contributed by atoms with Crippen molar-refractivity contribution in [3.8, 4) is 0 Å². The van der Waals surface area contributed by atoms with Crippen LogP contribution in [0, 0.1) is 5.41 Å². The smallest absolute Gasteiger partial charge is 0.126 e. The highest BCUT2D eigenvalue weighted by atomic mass is 16.5. The van der Waals surface area contributed by atoms with Crippen LogP contribution in [0.2, 0.25) is 0 Å². The molecule has 4 unspecified atom stereocenters. The summed E-state index contributed by atoms with van der Waals surface area (Å²) < 4.78 is 11.1. The summed E-state index contributed by atoms with van der Waals surface area (Å²) in [4.78, 5) is 0. The number of unbranched alkanes of at least 4 members (excludes halogenated alkanes) is 6. The first-order valence-electron chi connectivity index (χ1n) is 11.6. The normalized spacial score (nSPS) is 15.9. The summed E-state index contributed by atoms with van der Waals surface area (Å²) in [5.74, 6) is 0. The fraction of sp³-hybridized carbons (Fsp3) is 0.840. The molecule has 0 aromatic rings. The van der Waals surface area contributed by atoms with E-state index in [1.807, 2.05) is 0 Å². The summed E-state index contributed by atoms with van der Waals surface area (Å²) in [6, 6.07) is 0. The Kier molecular flexibility index (Phi) is 16.2. The molecule has 172 valence electrons. The van der Waals surface area contributed by atoms with Crippen molar-refractivity contribution in [1.29, 1.82) is 0 Å². The van der Waals surface area contributed by atoms with Gasteiger partial charge >= 0.3 is 0 Å². The average molecular weight is 413 g/mol. The molecule has 0 aromatic carbocycles. The summed E-state index contributed by atoms with van der Waals surface area (Å²) in [6.45, 7) is 16.2. The molecule has 0 heterocycles.